The highest BCUT2D eigenvalue weighted by Crippen LogP contribution is 2.08. The van der Waals surface area contributed by atoms with Crippen molar-refractivity contribution in [2.75, 3.05) is 0 Å². The van der Waals surface area contributed by atoms with E-state index in [1.54, 1.807) is 12.1 Å². The van der Waals surface area contributed by atoms with Gasteiger partial charge in [-0.1, -0.05) is 61.9 Å². The number of rotatable bonds is 6. The monoisotopic (exact) mass is 393 g/mol. The molecule has 0 unspecified atom stereocenters. The van der Waals surface area contributed by atoms with E-state index in [4.69, 9.17) is 15.0 Å². The first-order valence-corrected chi connectivity index (χ1v) is 10.0. The summed E-state index contributed by atoms with van der Waals surface area (Å²) in [6, 6.07) is 15.1. The second kappa shape index (κ2) is 10.8. The summed E-state index contributed by atoms with van der Waals surface area (Å²) < 4.78 is 34.7. The van der Waals surface area contributed by atoms with Crippen molar-refractivity contribution >= 4 is 16.1 Å². The Kier molecular flexibility index (Phi) is 9.14. The van der Waals surface area contributed by atoms with Gasteiger partial charge in [0.2, 0.25) is 0 Å². The molecule has 0 aromatic heterocycles. The maximum Gasteiger partial charge on any atom is 0.323 e. The number of esters is 1. The van der Waals surface area contributed by atoms with Crippen LogP contribution < -0.4 is 5.73 Å². The quantitative estimate of drug-likeness (QED) is 0.576. The summed E-state index contributed by atoms with van der Waals surface area (Å²) in [7, 11) is -4.02. The van der Waals surface area contributed by atoms with Crippen LogP contribution in [-0.2, 0) is 26.3 Å². The van der Waals surface area contributed by atoms with E-state index < -0.39 is 16.2 Å². The van der Waals surface area contributed by atoms with Crippen LogP contribution in [0.15, 0.2) is 59.5 Å². The van der Waals surface area contributed by atoms with Gasteiger partial charge in [0, 0.05) is 0 Å². The first kappa shape index (κ1) is 22.8. The molecule has 0 aliphatic rings. The van der Waals surface area contributed by atoms with Crippen LogP contribution in [0.1, 0.15) is 31.4 Å². The van der Waals surface area contributed by atoms with Crippen molar-refractivity contribution in [3.63, 3.8) is 0 Å². The van der Waals surface area contributed by atoms with E-state index in [-0.39, 0.29) is 10.9 Å². The molecule has 0 fully saturated rings. The third-order valence-corrected chi connectivity index (χ3v) is 4.44. The Morgan fingerprint density at radius 3 is 2.11 bits per heavy atom. The molecule has 6 nitrogen and oxygen atoms in total. The van der Waals surface area contributed by atoms with Crippen LogP contribution in [0.25, 0.3) is 0 Å². The topological polar surface area (TPSA) is 107 Å². The first-order chi connectivity index (χ1) is 12.6. The zero-order chi connectivity index (χ0) is 20.4. The number of carbonyl (C=O) groups is 1. The maximum atomic E-state index is 11.5. The predicted octanol–water partition coefficient (Wildman–Crippen LogP) is 3.34. The highest BCUT2D eigenvalue weighted by atomic mass is 32.2. The van der Waals surface area contributed by atoms with Crippen LogP contribution in [0.5, 0.6) is 0 Å². The van der Waals surface area contributed by atoms with Gasteiger partial charge in [-0.2, -0.15) is 8.42 Å². The van der Waals surface area contributed by atoms with Crippen LogP contribution in [0.4, 0.5) is 0 Å². The molecule has 2 aromatic rings. The summed E-state index contributed by atoms with van der Waals surface area (Å²) in [6.45, 7) is 6.20. The number of carbonyl (C=O) groups excluding carboxylic acids is 1. The Hall–Kier alpha value is -2.22. The van der Waals surface area contributed by atoms with Crippen molar-refractivity contribution in [1.82, 2.24) is 0 Å². The van der Waals surface area contributed by atoms with Gasteiger partial charge >= 0.3 is 5.97 Å². The SMILES string of the molecule is CC(C)C[C@H](N)C(=O)OCc1ccccc1.Cc1ccc(S(=O)(=O)O)cc1. The Labute approximate surface area is 161 Å². The molecule has 0 heterocycles. The molecule has 2 aromatic carbocycles. The summed E-state index contributed by atoms with van der Waals surface area (Å²) in [5.41, 5.74) is 7.64. The second-order valence-corrected chi connectivity index (χ2v) is 8.04. The molecule has 0 aliphatic carbocycles. The minimum Gasteiger partial charge on any atom is -0.460 e. The summed E-state index contributed by atoms with van der Waals surface area (Å²) in [4.78, 5) is 11.4. The van der Waals surface area contributed by atoms with Crippen molar-refractivity contribution in [2.45, 2.75) is 44.7 Å². The Balaban J connectivity index is 0.000000289. The molecule has 0 aliphatic heterocycles. The van der Waals surface area contributed by atoms with Crippen LogP contribution in [0, 0.1) is 12.8 Å². The summed E-state index contributed by atoms with van der Waals surface area (Å²) in [5.74, 6) is 0.0804. The summed E-state index contributed by atoms with van der Waals surface area (Å²) >= 11 is 0. The fourth-order valence-electron chi connectivity index (χ4n) is 2.15. The van der Waals surface area contributed by atoms with Crippen molar-refractivity contribution < 1.29 is 22.5 Å². The molecule has 27 heavy (non-hydrogen) atoms. The lowest BCUT2D eigenvalue weighted by Gasteiger charge is -2.13. The van der Waals surface area contributed by atoms with E-state index in [1.165, 1.54) is 12.1 Å². The average molecular weight is 394 g/mol. The number of aryl methyl sites for hydroxylation is 1. The lowest BCUT2D eigenvalue weighted by Crippen LogP contribution is -2.33. The van der Waals surface area contributed by atoms with Gasteiger partial charge in [0.25, 0.3) is 10.1 Å². The lowest BCUT2D eigenvalue weighted by atomic mass is 10.1. The zero-order valence-electron chi connectivity index (χ0n) is 15.8. The van der Waals surface area contributed by atoms with E-state index in [1.807, 2.05) is 51.1 Å². The first-order valence-electron chi connectivity index (χ1n) is 8.60. The standard InChI is InChI=1S/C13H19NO2.C7H8O3S/c1-10(2)8-12(14)13(15)16-9-11-6-4-3-5-7-11;1-6-2-4-7(5-3-6)11(8,9)10/h3-7,10,12H,8-9,14H2,1-2H3;2-5H,1H3,(H,8,9,10)/t12-;/m0./s1. The Bertz CT molecular complexity index is 802. The molecular formula is C20H27NO5S. The molecule has 3 N–H and O–H groups in total. The summed E-state index contributed by atoms with van der Waals surface area (Å²) in [6.07, 6.45) is 0.660. The minimum atomic E-state index is -4.02. The Morgan fingerprint density at radius 1 is 1.07 bits per heavy atom. The smallest absolute Gasteiger partial charge is 0.323 e. The van der Waals surface area contributed by atoms with Gasteiger partial charge in [-0.05, 0) is 37.0 Å². The normalized spacial score (nSPS) is 12.1. The molecule has 0 bridgehead atoms. The molecule has 0 saturated carbocycles. The fraction of sp³-hybridized carbons (Fsp3) is 0.350. The maximum absolute atomic E-state index is 11.5. The number of benzene rings is 2. The number of hydrogen-bond acceptors (Lipinski definition) is 5. The second-order valence-electron chi connectivity index (χ2n) is 6.62. The van der Waals surface area contributed by atoms with Crippen LogP contribution in [-0.4, -0.2) is 25.0 Å². The average Bonchev–Trinajstić information content (AvgIpc) is 2.60. The van der Waals surface area contributed by atoms with Crippen LogP contribution >= 0.6 is 0 Å². The van der Waals surface area contributed by atoms with Gasteiger partial charge in [0.05, 0.1) is 4.90 Å². The zero-order valence-corrected chi connectivity index (χ0v) is 16.6. The molecule has 0 spiro atoms. The van der Waals surface area contributed by atoms with Gasteiger partial charge in [0.15, 0.2) is 0 Å². The van der Waals surface area contributed by atoms with E-state index >= 15 is 0 Å². The summed E-state index contributed by atoms with van der Waals surface area (Å²) in [5, 5.41) is 0. The van der Waals surface area contributed by atoms with Crippen molar-refractivity contribution in [3.8, 4) is 0 Å². The molecule has 0 saturated heterocycles. The van der Waals surface area contributed by atoms with Gasteiger partial charge in [-0.15, -0.1) is 0 Å². The Morgan fingerprint density at radius 2 is 1.63 bits per heavy atom. The highest BCUT2D eigenvalue weighted by molar-refractivity contribution is 7.85. The van der Waals surface area contributed by atoms with Crippen molar-refractivity contribution in [2.24, 2.45) is 11.7 Å². The third kappa shape index (κ3) is 9.33. The van der Waals surface area contributed by atoms with Gasteiger partial charge in [-0.3, -0.25) is 9.35 Å². The van der Waals surface area contributed by atoms with Crippen LogP contribution in [0.2, 0.25) is 0 Å². The molecule has 7 heteroatoms. The predicted molar refractivity (Wildman–Crippen MR) is 105 cm³/mol. The minimum absolute atomic E-state index is 0.0666. The fourth-order valence-corrected chi connectivity index (χ4v) is 2.63. The third-order valence-electron chi connectivity index (χ3n) is 3.57. The van der Waals surface area contributed by atoms with E-state index in [0.717, 1.165) is 11.1 Å². The molecule has 2 rings (SSSR count). The molecule has 0 radical (unpaired) electrons. The molecule has 148 valence electrons. The molecular weight excluding hydrogens is 366 g/mol. The lowest BCUT2D eigenvalue weighted by molar-refractivity contribution is -0.146. The van der Waals surface area contributed by atoms with E-state index in [9.17, 15) is 13.2 Å². The van der Waals surface area contributed by atoms with Gasteiger partial charge in [0.1, 0.15) is 12.6 Å². The van der Waals surface area contributed by atoms with Gasteiger partial charge < -0.3 is 10.5 Å². The molecule has 0 amide bonds. The van der Waals surface area contributed by atoms with E-state index in [0.29, 0.717) is 18.9 Å². The van der Waals surface area contributed by atoms with Crippen LogP contribution in [0.3, 0.4) is 0 Å². The number of nitrogens with two attached hydrogens (primary N) is 1. The number of hydrogen-bond donors (Lipinski definition) is 2. The molecule has 1 atom stereocenters. The van der Waals surface area contributed by atoms with E-state index in [2.05, 4.69) is 0 Å². The van der Waals surface area contributed by atoms with Gasteiger partial charge in [-0.25, -0.2) is 0 Å². The largest absolute Gasteiger partial charge is 0.460 e. The van der Waals surface area contributed by atoms with Crippen molar-refractivity contribution in [3.05, 3.63) is 65.7 Å². The highest BCUT2D eigenvalue weighted by Gasteiger charge is 2.16. The van der Waals surface area contributed by atoms with Crippen molar-refractivity contribution in [1.29, 1.82) is 0 Å². The number of ether oxygens (including phenoxy) is 1.